The molecule has 7 nitrogen and oxygen atoms in total. The van der Waals surface area contributed by atoms with E-state index < -0.39 is 0 Å². The van der Waals surface area contributed by atoms with Gasteiger partial charge in [-0.05, 0) is 78.2 Å². The first-order chi connectivity index (χ1) is 17.0. The topological polar surface area (TPSA) is 71.5 Å². The van der Waals surface area contributed by atoms with Gasteiger partial charge in [0.05, 0.1) is 24.2 Å². The average Bonchev–Trinajstić information content (AvgIpc) is 2.87. The molecule has 4 rings (SSSR count). The Bertz CT molecular complexity index is 1130. The van der Waals surface area contributed by atoms with Gasteiger partial charge in [0.15, 0.2) is 0 Å². The molecule has 188 valence electrons. The van der Waals surface area contributed by atoms with Crippen LogP contribution in [0, 0.1) is 11.8 Å². The Hall–Kier alpha value is -2.58. The van der Waals surface area contributed by atoms with E-state index in [2.05, 4.69) is 38.7 Å². The van der Waals surface area contributed by atoms with E-state index in [1.165, 1.54) is 25.7 Å². The number of halogens is 1. The molecule has 3 aromatic rings. The van der Waals surface area contributed by atoms with Gasteiger partial charge in [-0.15, -0.1) is 0 Å². The zero-order chi connectivity index (χ0) is 24.8. The number of hydrogen-bond acceptors (Lipinski definition) is 7. The zero-order valence-electron chi connectivity index (χ0n) is 21.1. The van der Waals surface area contributed by atoms with Crippen molar-refractivity contribution < 1.29 is 9.47 Å². The molecule has 0 unspecified atom stereocenters. The Balaban J connectivity index is 1.25. The van der Waals surface area contributed by atoms with E-state index in [0.29, 0.717) is 11.8 Å². The van der Waals surface area contributed by atoms with Crippen molar-refractivity contribution in [2.75, 3.05) is 51.6 Å². The van der Waals surface area contributed by atoms with Gasteiger partial charge in [-0.2, -0.15) is 4.98 Å². The number of fused-ring (bicyclic) bond motifs is 1. The van der Waals surface area contributed by atoms with Crippen molar-refractivity contribution in [3.05, 3.63) is 46.4 Å². The molecule has 1 saturated carbocycles. The summed E-state index contributed by atoms with van der Waals surface area (Å²) >= 11 is 3.57. The number of aromatic nitrogens is 2. The average molecular weight is 543 g/mol. The molecule has 0 atom stereocenters. The highest BCUT2D eigenvalue weighted by Crippen LogP contribution is 2.33. The standard InChI is InChI=1S/C27H36BrN5O2/c1-33(2)26-21-7-5-6-8-23(21)31-27(32-26)30-16-19-11-9-18(10-12-19)15-29-17-20-13-22(28)25(35-4)14-24(20)34-3/h5-8,13-14,18-19,29H,9-12,15-17H2,1-4H3,(H,30,31,32). The van der Waals surface area contributed by atoms with Gasteiger partial charge in [0.1, 0.15) is 17.3 Å². The lowest BCUT2D eigenvalue weighted by atomic mass is 9.82. The van der Waals surface area contributed by atoms with Crippen LogP contribution in [0.4, 0.5) is 11.8 Å². The molecule has 0 bridgehead atoms. The van der Waals surface area contributed by atoms with E-state index in [0.717, 1.165) is 63.8 Å². The quantitative estimate of drug-likeness (QED) is 0.352. The Morgan fingerprint density at radius 2 is 1.63 bits per heavy atom. The second kappa shape index (κ2) is 11.9. The molecule has 1 aliphatic carbocycles. The van der Waals surface area contributed by atoms with Crippen molar-refractivity contribution in [1.82, 2.24) is 15.3 Å². The highest BCUT2D eigenvalue weighted by atomic mass is 79.9. The van der Waals surface area contributed by atoms with Crippen LogP contribution in [-0.2, 0) is 6.54 Å². The van der Waals surface area contributed by atoms with Gasteiger partial charge < -0.3 is 25.0 Å². The number of para-hydroxylation sites is 1. The highest BCUT2D eigenvalue weighted by molar-refractivity contribution is 9.10. The molecule has 0 saturated heterocycles. The first-order valence-corrected chi connectivity index (χ1v) is 13.1. The Morgan fingerprint density at radius 1 is 0.943 bits per heavy atom. The predicted molar refractivity (Wildman–Crippen MR) is 147 cm³/mol. The van der Waals surface area contributed by atoms with Crippen molar-refractivity contribution in [1.29, 1.82) is 0 Å². The number of rotatable bonds is 10. The molecule has 1 aromatic heterocycles. The van der Waals surface area contributed by atoms with Crippen molar-refractivity contribution in [3.8, 4) is 11.5 Å². The molecule has 1 heterocycles. The maximum absolute atomic E-state index is 5.55. The number of hydrogen-bond donors (Lipinski definition) is 2. The van der Waals surface area contributed by atoms with Gasteiger partial charge in [-0.25, -0.2) is 4.98 Å². The molecule has 1 fully saturated rings. The van der Waals surface area contributed by atoms with Crippen LogP contribution < -0.4 is 25.0 Å². The lowest BCUT2D eigenvalue weighted by molar-refractivity contribution is 0.275. The third-order valence-corrected chi connectivity index (χ3v) is 7.44. The minimum atomic E-state index is 0.654. The summed E-state index contributed by atoms with van der Waals surface area (Å²) in [7, 11) is 7.42. The number of ether oxygens (including phenoxy) is 2. The minimum Gasteiger partial charge on any atom is -0.496 e. The van der Waals surface area contributed by atoms with Crippen LogP contribution in [0.1, 0.15) is 31.2 Å². The van der Waals surface area contributed by atoms with Crippen LogP contribution in [0.2, 0.25) is 0 Å². The number of nitrogens with zero attached hydrogens (tertiary/aromatic N) is 3. The Labute approximate surface area is 216 Å². The fraction of sp³-hybridized carbons (Fsp3) is 0.481. The van der Waals surface area contributed by atoms with Gasteiger partial charge in [-0.1, -0.05) is 12.1 Å². The molecule has 0 amide bonds. The first kappa shape index (κ1) is 25.5. The Kier molecular flexibility index (Phi) is 8.68. The summed E-state index contributed by atoms with van der Waals surface area (Å²) in [6.45, 7) is 2.72. The van der Waals surface area contributed by atoms with Crippen LogP contribution in [0.3, 0.4) is 0 Å². The third kappa shape index (κ3) is 6.35. The molecular weight excluding hydrogens is 506 g/mol. The number of anilines is 2. The van der Waals surface area contributed by atoms with Crippen molar-refractivity contribution in [3.63, 3.8) is 0 Å². The fourth-order valence-electron chi connectivity index (χ4n) is 4.83. The van der Waals surface area contributed by atoms with Crippen LogP contribution >= 0.6 is 15.9 Å². The zero-order valence-corrected chi connectivity index (χ0v) is 22.7. The Morgan fingerprint density at radius 3 is 2.31 bits per heavy atom. The molecule has 1 aliphatic rings. The summed E-state index contributed by atoms with van der Waals surface area (Å²) in [5.74, 6) is 4.66. The number of methoxy groups -OCH3 is 2. The maximum Gasteiger partial charge on any atom is 0.225 e. The van der Waals surface area contributed by atoms with Gasteiger partial charge in [-0.3, -0.25) is 0 Å². The van der Waals surface area contributed by atoms with E-state index in [-0.39, 0.29) is 0 Å². The predicted octanol–water partition coefficient (Wildman–Crippen LogP) is 5.48. The van der Waals surface area contributed by atoms with Gasteiger partial charge in [0.2, 0.25) is 5.95 Å². The van der Waals surface area contributed by atoms with E-state index >= 15 is 0 Å². The SMILES string of the molecule is COc1cc(OC)c(CNCC2CCC(CNc3nc(N(C)C)c4ccccc4n3)CC2)cc1Br. The summed E-state index contributed by atoms with van der Waals surface area (Å²) < 4.78 is 11.9. The molecule has 2 N–H and O–H groups in total. The van der Waals surface area contributed by atoms with Gasteiger partial charge >= 0.3 is 0 Å². The molecule has 0 aliphatic heterocycles. The van der Waals surface area contributed by atoms with Gasteiger partial charge in [0, 0.05) is 44.2 Å². The third-order valence-electron chi connectivity index (χ3n) is 6.83. The van der Waals surface area contributed by atoms with Crippen molar-refractivity contribution >= 4 is 38.6 Å². The summed E-state index contributed by atoms with van der Waals surface area (Å²) in [5.41, 5.74) is 2.11. The van der Waals surface area contributed by atoms with Crippen molar-refractivity contribution in [2.45, 2.75) is 32.2 Å². The first-order valence-electron chi connectivity index (χ1n) is 12.3. The van der Waals surface area contributed by atoms with Crippen molar-refractivity contribution in [2.24, 2.45) is 11.8 Å². The molecule has 2 aromatic carbocycles. The molecule has 35 heavy (non-hydrogen) atoms. The van der Waals surface area contributed by atoms with Crippen LogP contribution in [0.5, 0.6) is 11.5 Å². The summed E-state index contributed by atoms with van der Waals surface area (Å²) in [6.07, 6.45) is 4.93. The lowest BCUT2D eigenvalue weighted by Crippen LogP contribution is -2.28. The molecule has 8 heteroatoms. The van der Waals surface area contributed by atoms with Gasteiger partial charge in [0.25, 0.3) is 0 Å². The fourth-order valence-corrected chi connectivity index (χ4v) is 5.38. The number of benzene rings is 2. The summed E-state index contributed by atoms with van der Waals surface area (Å²) in [4.78, 5) is 11.6. The maximum atomic E-state index is 5.55. The smallest absolute Gasteiger partial charge is 0.225 e. The molecule has 0 spiro atoms. The molecular formula is C27H36BrN5O2. The van der Waals surface area contributed by atoms with E-state index in [1.807, 2.05) is 43.3 Å². The second-order valence-electron chi connectivity index (χ2n) is 9.48. The summed E-state index contributed by atoms with van der Waals surface area (Å²) in [5, 5.41) is 8.23. The number of nitrogens with one attached hydrogen (secondary N) is 2. The monoisotopic (exact) mass is 541 g/mol. The largest absolute Gasteiger partial charge is 0.496 e. The normalized spacial score (nSPS) is 17.9. The lowest BCUT2D eigenvalue weighted by Gasteiger charge is -2.29. The minimum absolute atomic E-state index is 0.654. The van der Waals surface area contributed by atoms with E-state index in [4.69, 9.17) is 19.4 Å². The summed E-state index contributed by atoms with van der Waals surface area (Å²) in [6, 6.07) is 12.2. The highest BCUT2D eigenvalue weighted by Gasteiger charge is 2.21. The van der Waals surface area contributed by atoms with Crippen LogP contribution in [0.25, 0.3) is 10.9 Å². The molecule has 0 radical (unpaired) electrons. The van der Waals surface area contributed by atoms with E-state index in [9.17, 15) is 0 Å². The van der Waals surface area contributed by atoms with Crippen LogP contribution in [-0.4, -0.2) is 51.4 Å². The van der Waals surface area contributed by atoms with E-state index in [1.54, 1.807) is 14.2 Å². The van der Waals surface area contributed by atoms with Crippen LogP contribution in [0.15, 0.2) is 40.9 Å². The second-order valence-corrected chi connectivity index (χ2v) is 10.3.